The predicted octanol–water partition coefficient (Wildman–Crippen LogP) is 4.11. The van der Waals surface area contributed by atoms with Crippen molar-refractivity contribution in [3.8, 4) is 0 Å². The number of esters is 1. The van der Waals surface area contributed by atoms with Crippen molar-refractivity contribution >= 4 is 63.0 Å². The van der Waals surface area contributed by atoms with Gasteiger partial charge in [0.05, 0.1) is 12.2 Å². The van der Waals surface area contributed by atoms with Gasteiger partial charge in [0, 0.05) is 4.88 Å². The Bertz CT molecular complexity index is 566. The van der Waals surface area contributed by atoms with Crippen molar-refractivity contribution < 1.29 is 14.3 Å². The standard InChI is InChI=1S/C13H14Cl3NO3S/c1-2-20-11(18)9-7-5-3-4-6-8(7)21-10(9)17-12(19)13(14,15)16/h2-6H2,1H3,(H,17,19). The fraction of sp³-hybridized carbons (Fsp3) is 0.538. The number of carbonyl (C=O) groups excluding carboxylic acids is 2. The summed E-state index contributed by atoms with van der Waals surface area (Å²) in [5, 5.41) is 2.93. The first-order valence-electron chi connectivity index (χ1n) is 6.54. The Morgan fingerprint density at radius 2 is 1.95 bits per heavy atom. The van der Waals surface area contributed by atoms with E-state index in [2.05, 4.69) is 5.32 Å². The summed E-state index contributed by atoms with van der Waals surface area (Å²) in [4.78, 5) is 25.1. The second-order valence-electron chi connectivity index (χ2n) is 4.59. The van der Waals surface area contributed by atoms with Gasteiger partial charge in [0.15, 0.2) is 0 Å². The third-order valence-electron chi connectivity index (χ3n) is 3.14. The van der Waals surface area contributed by atoms with E-state index in [0.29, 0.717) is 10.6 Å². The number of carbonyl (C=O) groups is 2. The van der Waals surface area contributed by atoms with Crippen molar-refractivity contribution in [1.82, 2.24) is 0 Å². The molecule has 0 atom stereocenters. The fourth-order valence-electron chi connectivity index (χ4n) is 2.25. The number of hydrogen-bond donors (Lipinski definition) is 1. The number of aryl methyl sites for hydroxylation is 1. The number of rotatable bonds is 3. The SMILES string of the molecule is CCOC(=O)c1c(NC(=O)C(Cl)(Cl)Cl)sc2c1CCCC2. The van der Waals surface area contributed by atoms with Gasteiger partial charge in [-0.2, -0.15) is 0 Å². The molecular formula is C13H14Cl3NO3S. The van der Waals surface area contributed by atoms with Crippen molar-refractivity contribution in [2.75, 3.05) is 11.9 Å². The molecule has 1 aliphatic rings. The Morgan fingerprint density at radius 3 is 2.57 bits per heavy atom. The molecule has 0 fully saturated rings. The lowest BCUT2D eigenvalue weighted by molar-refractivity contribution is -0.115. The topological polar surface area (TPSA) is 55.4 Å². The fourth-order valence-corrected chi connectivity index (χ4v) is 3.66. The van der Waals surface area contributed by atoms with E-state index in [-0.39, 0.29) is 6.61 Å². The molecule has 4 nitrogen and oxygen atoms in total. The molecule has 1 heterocycles. The lowest BCUT2D eigenvalue weighted by atomic mass is 9.95. The summed E-state index contributed by atoms with van der Waals surface area (Å²) in [6, 6.07) is 0. The molecule has 1 N–H and O–H groups in total. The van der Waals surface area contributed by atoms with E-state index in [1.165, 1.54) is 11.3 Å². The summed E-state index contributed by atoms with van der Waals surface area (Å²) in [6.45, 7) is 2.00. The smallest absolute Gasteiger partial charge is 0.341 e. The number of anilines is 1. The van der Waals surface area contributed by atoms with E-state index in [0.717, 1.165) is 36.1 Å². The van der Waals surface area contributed by atoms with Gasteiger partial charge in [0.1, 0.15) is 5.00 Å². The Morgan fingerprint density at radius 1 is 1.29 bits per heavy atom. The van der Waals surface area contributed by atoms with Crippen LogP contribution in [0.15, 0.2) is 0 Å². The number of amides is 1. The van der Waals surface area contributed by atoms with Crippen molar-refractivity contribution in [2.24, 2.45) is 0 Å². The predicted molar refractivity (Wildman–Crippen MR) is 85.8 cm³/mol. The highest BCUT2D eigenvalue weighted by molar-refractivity contribution is 7.17. The summed E-state index contributed by atoms with van der Waals surface area (Å²) in [5.74, 6) is -1.23. The maximum atomic E-state index is 12.2. The molecule has 1 aromatic rings. The van der Waals surface area contributed by atoms with Crippen LogP contribution in [0.1, 0.15) is 40.6 Å². The molecule has 1 amide bonds. The highest BCUT2D eigenvalue weighted by Crippen LogP contribution is 2.39. The molecule has 116 valence electrons. The summed E-state index contributed by atoms with van der Waals surface area (Å²) >= 11 is 18.0. The van der Waals surface area contributed by atoms with Crippen LogP contribution in [0.2, 0.25) is 0 Å². The average molecular weight is 371 g/mol. The summed E-state index contributed by atoms with van der Waals surface area (Å²) < 4.78 is 3.00. The van der Waals surface area contributed by atoms with Crippen LogP contribution in [0.4, 0.5) is 5.00 Å². The highest BCUT2D eigenvalue weighted by atomic mass is 35.6. The van der Waals surface area contributed by atoms with Crippen LogP contribution in [-0.2, 0) is 22.4 Å². The largest absolute Gasteiger partial charge is 0.462 e. The second-order valence-corrected chi connectivity index (χ2v) is 7.97. The minimum atomic E-state index is -2.07. The normalized spacial score (nSPS) is 14.5. The number of hydrogen-bond acceptors (Lipinski definition) is 4. The monoisotopic (exact) mass is 369 g/mol. The van der Waals surface area contributed by atoms with Gasteiger partial charge in [0.2, 0.25) is 0 Å². The molecule has 21 heavy (non-hydrogen) atoms. The van der Waals surface area contributed by atoms with Crippen LogP contribution >= 0.6 is 46.1 Å². The van der Waals surface area contributed by atoms with Crippen LogP contribution in [0.3, 0.4) is 0 Å². The maximum absolute atomic E-state index is 12.2. The molecule has 0 saturated carbocycles. The molecule has 0 radical (unpaired) electrons. The zero-order valence-corrected chi connectivity index (χ0v) is 14.4. The third-order valence-corrected chi connectivity index (χ3v) is 4.86. The summed E-state index contributed by atoms with van der Waals surface area (Å²) in [6.07, 6.45) is 3.75. The molecule has 0 unspecified atom stereocenters. The lowest BCUT2D eigenvalue weighted by Gasteiger charge is -2.13. The molecule has 0 aromatic carbocycles. The summed E-state index contributed by atoms with van der Waals surface area (Å²) in [7, 11) is 0. The quantitative estimate of drug-likeness (QED) is 0.643. The van der Waals surface area contributed by atoms with Gasteiger partial charge in [0.25, 0.3) is 9.70 Å². The molecule has 1 aromatic heterocycles. The highest BCUT2D eigenvalue weighted by Gasteiger charge is 2.34. The van der Waals surface area contributed by atoms with Gasteiger partial charge >= 0.3 is 5.97 Å². The molecule has 0 aliphatic heterocycles. The molecular weight excluding hydrogens is 357 g/mol. The third kappa shape index (κ3) is 3.83. The van der Waals surface area contributed by atoms with Crippen molar-refractivity contribution in [2.45, 2.75) is 36.4 Å². The minimum Gasteiger partial charge on any atom is -0.462 e. The Balaban J connectivity index is 2.38. The number of thiophene rings is 1. The van der Waals surface area contributed by atoms with Gasteiger partial charge < -0.3 is 10.1 Å². The Hall–Kier alpha value is -0.490. The van der Waals surface area contributed by atoms with Crippen LogP contribution in [-0.4, -0.2) is 22.3 Å². The second kappa shape index (κ2) is 6.73. The van der Waals surface area contributed by atoms with E-state index >= 15 is 0 Å². The maximum Gasteiger partial charge on any atom is 0.341 e. The van der Waals surface area contributed by atoms with E-state index in [1.54, 1.807) is 6.92 Å². The van der Waals surface area contributed by atoms with E-state index in [1.807, 2.05) is 0 Å². The summed E-state index contributed by atoms with van der Waals surface area (Å²) in [5.41, 5.74) is 1.35. The Kier molecular flexibility index (Phi) is 5.41. The van der Waals surface area contributed by atoms with Gasteiger partial charge in [-0.3, -0.25) is 4.79 Å². The number of nitrogens with one attached hydrogen (secondary N) is 1. The first kappa shape index (κ1) is 16.9. The van der Waals surface area contributed by atoms with E-state index < -0.39 is 15.7 Å². The van der Waals surface area contributed by atoms with E-state index in [9.17, 15) is 9.59 Å². The average Bonchev–Trinajstić information content (AvgIpc) is 2.75. The number of fused-ring (bicyclic) bond motifs is 1. The minimum absolute atomic E-state index is 0.265. The molecule has 1 aliphatic carbocycles. The first-order valence-corrected chi connectivity index (χ1v) is 8.49. The number of halogens is 3. The number of alkyl halides is 3. The lowest BCUT2D eigenvalue weighted by Crippen LogP contribution is -2.27. The van der Waals surface area contributed by atoms with Crippen LogP contribution in [0.5, 0.6) is 0 Å². The van der Waals surface area contributed by atoms with Crippen LogP contribution < -0.4 is 5.32 Å². The molecule has 0 saturated heterocycles. The van der Waals surface area contributed by atoms with Gasteiger partial charge in [-0.1, -0.05) is 34.8 Å². The van der Waals surface area contributed by atoms with Gasteiger partial charge in [-0.05, 0) is 38.2 Å². The van der Waals surface area contributed by atoms with Gasteiger partial charge in [-0.25, -0.2) is 4.79 Å². The molecule has 8 heteroatoms. The molecule has 0 bridgehead atoms. The Labute approximate surface area is 141 Å². The van der Waals surface area contributed by atoms with Crippen molar-refractivity contribution in [1.29, 1.82) is 0 Å². The van der Waals surface area contributed by atoms with Gasteiger partial charge in [-0.15, -0.1) is 11.3 Å². The molecule has 0 spiro atoms. The van der Waals surface area contributed by atoms with Crippen molar-refractivity contribution in [3.63, 3.8) is 0 Å². The first-order chi connectivity index (χ1) is 9.84. The molecule has 2 rings (SSSR count). The van der Waals surface area contributed by atoms with Crippen LogP contribution in [0, 0.1) is 0 Å². The van der Waals surface area contributed by atoms with Crippen LogP contribution in [0.25, 0.3) is 0 Å². The van der Waals surface area contributed by atoms with Crippen molar-refractivity contribution in [3.05, 3.63) is 16.0 Å². The zero-order chi connectivity index (χ0) is 15.6. The zero-order valence-electron chi connectivity index (χ0n) is 11.3. The number of ether oxygens (including phenoxy) is 1. The van der Waals surface area contributed by atoms with E-state index in [4.69, 9.17) is 39.5 Å².